The van der Waals surface area contributed by atoms with E-state index in [2.05, 4.69) is 14.7 Å². The van der Waals surface area contributed by atoms with E-state index in [0.29, 0.717) is 0 Å². The van der Waals surface area contributed by atoms with Gasteiger partial charge in [0.25, 0.3) is 0 Å². The molecule has 16 heavy (non-hydrogen) atoms. The second kappa shape index (κ2) is 18.9. The second-order valence-electron chi connectivity index (χ2n) is 1.07. The third-order valence-electron chi connectivity index (χ3n) is 0.234. The molecule has 13 heteroatoms. The van der Waals surface area contributed by atoms with Crippen LogP contribution in [0.15, 0.2) is 0 Å². The normalized spacial score (nSPS) is 6.19. The van der Waals surface area contributed by atoms with Gasteiger partial charge in [-0.25, -0.2) is 14.4 Å². The SMILES string of the molecule is O=C(O)OO.O=C(O)OO.O=C(O)OO.[Fe]. The first-order valence-corrected chi connectivity index (χ1v) is 2.44. The third-order valence-corrected chi connectivity index (χ3v) is 0.234. The standard InChI is InChI=1S/3CH2O4.Fe/c3*2-1(3)5-4;/h3*4H,(H,2,3);. The Bertz CT molecular complexity index is 155. The van der Waals surface area contributed by atoms with Gasteiger partial charge in [-0.3, -0.25) is 14.7 Å². The van der Waals surface area contributed by atoms with Crippen LogP contribution in [-0.2, 0) is 31.7 Å². The molecule has 12 nitrogen and oxygen atoms in total. The van der Waals surface area contributed by atoms with E-state index in [4.69, 9.17) is 45.5 Å². The van der Waals surface area contributed by atoms with Crippen LogP contribution in [0.1, 0.15) is 0 Å². The van der Waals surface area contributed by atoms with Gasteiger partial charge in [0.05, 0.1) is 0 Å². The second-order valence-corrected chi connectivity index (χ2v) is 1.07. The zero-order valence-electron chi connectivity index (χ0n) is 6.99. The minimum atomic E-state index is -1.69. The van der Waals surface area contributed by atoms with Gasteiger partial charge < -0.3 is 15.3 Å². The predicted octanol–water partition coefficient (Wildman–Crippen LogP) is 0.460. The molecule has 0 rings (SSSR count). The molecule has 0 bridgehead atoms. The van der Waals surface area contributed by atoms with E-state index < -0.39 is 18.5 Å². The van der Waals surface area contributed by atoms with Crippen LogP contribution in [0.3, 0.4) is 0 Å². The molecular weight excluding hydrogens is 284 g/mol. The summed E-state index contributed by atoms with van der Waals surface area (Å²) in [6.07, 6.45) is -5.07. The maximum Gasteiger partial charge on any atom is 0.537 e. The molecule has 0 heterocycles. The minimum Gasteiger partial charge on any atom is -0.448 e. The monoisotopic (exact) mass is 290 g/mol. The maximum absolute atomic E-state index is 8.90. The summed E-state index contributed by atoms with van der Waals surface area (Å²) in [4.78, 5) is 34.7. The first-order valence-electron chi connectivity index (χ1n) is 2.44. The zero-order valence-corrected chi connectivity index (χ0v) is 8.09. The molecule has 0 aromatic rings. The summed E-state index contributed by atoms with van der Waals surface area (Å²) in [5.41, 5.74) is 0. The van der Waals surface area contributed by atoms with E-state index in [9.17, 15) is 0 Å². The van der Waals surface area contributed by atoms with E-state index in [1.807, 2.05) is 0 Å². The molecule has 0 saturated carbocycles. The molecular formula is C3H6FeO12. The van der Waals surface area contributed by atoms with Crippen LogP contribution in [0.4, 0.5) is 14.4 Å². The minimum absolute atomic E-state index is 0. The summed E-state index contributed by atoms with van der Waals surface area (Å²) in [7, 11) is 0. The molecule has 0 aromatic heterocycles. The van der Waals surface area contributed by atoms with Gasteiger partial charge in [0, 0.05) is 17.1 Å². The van der Waals surface area contributed by atoms with Gasteiger partial charge in [0.2, 0.25) is 0 Å². The van der Waals surface area contributed by atoms with Crippen LogP contribution in [-0.4, -0.2) is 49.6 Å². The maximum atomic E-state index is 8.90. The average molecular weight is 290 g/mol. The Labute approximate surface area is 96.5 Å². The molecule has 0 unspecified atom stereocenters. The van der Waals surface area contributed by atoms with Crippen LogP contribution in [0.5, 0.6) is 0 Å². The molecule has 0 spiro atoms. The molecule has 0 fully saturated rings. The van der Waals surface area contributed by atoms with E-state index in [1.54, 1.807) is 0 Å². The Balaban J connectivity index is -0.0000000655. The molecule has 0 aromatic carbocycles. The van der Waals surface area contributed by atoms with Crippen LogP contribution in [0.2, 0.25) is 0 Å². The van der Waals surface area contributed by atoms with E-state index >= 15 is 0 Å². The van der Waals surface area contributed by atoms with Crippen molar-refractivity contribution in [2.45, 2.75) is 0 Å². The fraction of sp³-hybridized carbons (Fsp3) is 0. The number of hydrogen-bond acceptors (Lipinski definition) is 9. The topological polar surface area (TPSA) is 200 Å². The molecule has 0 aliphatic carbocycles. The van der Waals surface area contributed by atoms with Gasteiger partial charge in [-0.1, -0.05) is 0 Å². The predicted molar refractivity (Wildman–Crippen MR) is 35.2 cm³/mol. The van der Waals surface area contributed by atoms with Gasteiger partial charge >= 0.3 is 18.5 Å². The van der Waals surface area contributed by atoms with Crippen molar-refractivity contribution in [2.75, 3.05) is 0 Å². The van der Waals surface area contributed by atoms with E-state index in [0.717, 1.165) is 0 Å². The van der Waals surface area contributed by atoms with Crippen LogP contribution in [0.25, 0.3) is 0 Å². The Morgan fingerprint density at radius 1 is 0.625 bits per heavy atom. The van der Waals surface area contributed by atoms with Gasteiger partial charge in [-0.15, -0.1) is 0 Å². The molecule has 0 aliphatic rings. The fourth-order valence-electron chi connectivity index (χ4n) is 0. The zero-order chi connectivity index (χ0) is 12.9. The number of carboxylic acid groups (broad SMARTS) is 3. The third kappa shape index (κ3) is 86.6. The van der Waals surface area contributed by atoms with Crippen molar-refractivity contribution in [3.8, 4) is 0 Å². The molecule has 0 aliphatic heterocycles. The Morgan fingerprint density at radius 2 is 0.688 bits per heavy atom. The number of carbonyl (C=O) groups is 3. The summed E-state index contributed by atoms with van der Waals surface area (Å²) in [6, 6.07) is 0. The molecule has 0 amide bonds. The first-order chi connectivity index (χ1) is 6.81. The summed E-state index contributed by atoms with van der Waals surface area (Å²) in [5, 5.41) is 42.9. The number of hydrogen-bond donors (Lipinski definition) is 6. The Morgan fingerprint density at radius 3 is 0.688 bits per heavy atom. The van der Waals surface area contributed by atoms with Crippen LogP contribution in [0, 0.1) is 0 Å². The van der Waals surface area contributed by atoms with Gasteiger partial charge in [-0.05, 0) is 0 Å². The van der Waals surface area contributed by atoms with Gasteiger partial charge in [-0.2, -0.15) is 15.8 Å². The van der Waals surface area contributed by atoms with Crippen molar-refractivity contribution in [3.63, 3.8) is 0 Å². The molecule has 98 valence electrons. The number of rotatable bonds is 0. The smallest absolute Gasteiger partial charge is 0.448 e. The van der Waals surface area contributed by atoms with Crippen molar-refractivity contribution in [2.24, 2.45) is 0 Å². The molecule has 6 N–H and O–H groups in total. The summed E-state index contributed by atoms with van der Waals surface area (Å²) in [5.74, 6) is 0. The average Bonchev–Trinajstić information content (AvgIpc) is 2.19. The first kappa shape index (κ1) is 23.8. The van der Waals surface area contributed by atoms with Crippen molar-refractivity contribution in [1.82, 2.24) is 0 Å². The van der Waals surface area contributed by atoms with Crippen molar-refractivity contribution >= 4 is 18.5 Å². The van der Waals surface area contributed by atoms with Gasteiger partial charge in [0.15, 0.2) is 0 Å². The van der Waals surface area contributed by atoms with Crippen LogP contribution < -0.4 is 0 Å². The van der Waals surface area contributed by atoms with Crippen molar-refractivity contribution in [1.29, 1.82) is 0 Å². The molecule has 0 saturated heterocycles. The summed E-state index contributed by atoms with van der Waals surface area (Å²) < 4.78 is 0. The van der Waals surface area contributed by atoms with Crippen molar-refractivity contribution in [3.05, 3.63) is 0 Å². The van der Waals surface area contributed by atoms with E-state index in [1.165, 1.54) is 0 Å². The summed E-state index contributed by atoms with van der Waals surface area (Å²) in [6.45, 7) is 0. The van der Waals surface area contributed by atoms with Gasteiger partial charge in [0.1, 0.15) is 0 Å². The Kier molecular flexibility index (Phi) is 28.1. The molecule has 0 radical (unpaired) electrons. The quantitative estimate of drug-likeness (QED) is 0.156. The fourth-order valence-corrected chi connectivity index (χ4v) is 0. The van der Waals surface area contributed by atoms with E-state index in [-0.39, 0.29) is 17.1 Å². The largest absolute Gasteiger partial charge is 0.537 e. The Hall–Kier alpha value is -1.79. The van der Waals surface area contributed by atoms with Crippen LogP contribution >= 0.6 is 0 Å². The van der Waals surface area contributed by atoms with Crippen molar-refractivity contribution < 1.29 is 77.2 Å². The molecule has 0 atom stereocenters. The summed E-state index contributed by atoms with van der Waals surface area (Å²) >= 11 is 0.